The molecule has 0 spiro atoms. The average molecular weight is 480 g/mol. The Kier molecular flexibility index (Phi) is 7.00. The Hall–Kier alpha value is -3.00. The molecule has 2 aliphatic rings. The number of likely N-dealkylation sites (tertiary alicyclic amines) is 1. The van der Waals surface area contributed by atoms with Crippen LogP contribution in [0.2, 0.25) is 0 Å². The van der Waals surface area contributed by atoms with E-state index in [1.54, 1.807) is 29.0 Å². The topological polar surface area (TPSA) is 72.3 Å². The maximum absolute atomic E-state index is 14.1. The molecule has 8 heteroatoms. The number of nitrogens with one attached hydrogen (secondary N) is 1. The highest BCUT2D eigenvalue weighted by molar-refractivity contribution is 5.77. The van der Waals surface area contributed by atoms with Crippen molar-refractivity contribution in [2.24, 2.45) is 0 Å². The second-order valence-corrected chi connectivity index (χ2v) is 9.75. The maximum atomic E-state index is 14.1. The second kappa shape index (κ2) is 10.3. The smallest absolute Gasteiger partial charge is 0.295 e. The first kappa shape index (κ1) is 23.7. The van der Waals surface area contributed by atoms with Crippen molar-refractivity contribution in [3.63, 3.8) is 0 Å². The van der Waals surface area contributed by atoms with Crippen molar-refractivity contribution in [3.05, 3.63) is 52.7 Å². The molecular formula is C27H34FN5O2. The number of aromatic nitrogens is 3. The lowest BCUT2D eigenvalue weighted by Crippen LogP contribution is -2.56. The molecule has 186 valence electrons. The summed E-state index contributed by atoms with van der Waals surface area (Å²) in [5, 5.41) is 4.19. The molecular weight excluding hydrogens is 445 g/mol. The minimum Gasteiger partial charge on any atom is -0.448 e. The minimum atomic E-state index is -0.517. The number of para-hydroxylation sites is 1. The number of ether oxygens (including phenoxy) is 1. The van der Waals surface area contributed by atoms with E-state index < -0.39 is 5.82 Å². The van der Waals surface area contributed by atoms with Crippen LogP contribution >= 0.6 is 0 Å². The fourth-order valence-electron chi connectivity index (χ4n) is 5.66. The van der Waals surface area contributed by atoms with Crippen molar-refractivity contribution >= 4 is 17.0 Å². The number of anilines is 1. The summed E-state index contributed by atoms with van der Waals surface area (Å²) in [4.78, 5) is 25.1. The number of fused-ring (bicyclic) bond motifs is 1. The lowest BCUT2D eigenvalue weighted by atomic mass is 9.79. The predicted molar refractivity (Wildman–Crippen MR) is 136 cm³/mol. The Bertz CT molecular complexity index is 1230. The van der Waals surface area contributed by atoms with Crippen LogP contribution in [-0.2, 0) is 6.54 Å². The molecule has 3 heterocycles. The van der Waals surface area contributed by atoms with Crippen LogP contribution in [0.25, 0.3) is 11.0 Å². The predicted octanol–water partition coefficient (Wildman–Crippen LogP) is 5.34. The second-order valence-electron chi connectivity index (χ2n) is 9.75. The molecule has 1 aliphatic carbocycles. The fourth-order valence-corrected chi connectivity index (χ4v) is 5.66. The van der Waals surface area contributed by atoms with Gasteiger partial charge in [-0.25, -0.2) is 9.37 Å². The number of benzene rings is 1. The van der Waals surface area contributed by atoms with Crippen molar-refractivity contribution < 1.29 is 9.13 Å². The summed E-state index contributed by atoms with van der Waals surface area (Å²) in [5.74, 6) is 0.0846. The van der Waals surface area contributed by atoms with Gasteiger partial charge in [-0.1, -0.05) is 37.8 Å². The third-order valence-electron chi connectivity index (χ3n) is 7.55. The van der Waals surface area contributed by atoms with Crippen LogP contribution < -0.4 is 15.6 Å². The summed E-state index contributed by atoms with van der Waals surface area (Å²) in [6.07, 6.45) is 11.8. The highest BCUT2D eigenvalue weighted by atomic mass is 19.1. The van der Waals surface area contributed by atoms with Gasteiger partial charge in [-0.15, -0.1) is 0 Å². The van der Waals surface area contributed by atoms with Crippen LogP contribution in [0.5, 0.6) is 11.5 Å². The van der Waals surface area contributed by atoms with E-state index in [4.69, 9.17) is 9.72 Å². The van der Waals surface area contributed by atoms with E-state index in [0.717, 1.165) is 6.54 Å². The quantitative estimate of drug-likeness (QED) is 0.493. The first-order chi connectivity index (χ1) is 17.1. The van der Waals surface area contributed by atoms with Gasteiger partial charge in [0.05, 0.1) is 0 Å². The number of piperidine rings is 1. The van der Waals surface area contributed by atoms with Crippen molar-refractivity contribution in [3.8, 4) is 11.5 Å². The molecule has 1 N–H and O–H groups in total. The molecule has 1 aromatic carbocycles. The normalized spacial score (nSPS) is 18.5. The van der Waals surface area contributed by atoms with Gasteiger partial charge in [0.15, 0.2) is 17.3 Å². The van der Waals surface area contributed by atoms with E-state index in [9.17, 15) is 9.18 Å². The van der Waals surface area contributed by atoms with Gasteiger partial charge in [-0.2, -0.15) is 4.98 Å². The number of hydrogen-bond donors (Lipinski definition) is 1. The third kappa shape index (κ3) is 4.89. The molecule has 7 nitrogen and oxygen atoms in total. The highest BCUT2D eigenvalue weighted by Crippen LogP contribution is 2.36. The molecule has 0 bridgehead atoms. The van der Waals surface area contributed by atoms with Crippen molar-refractivity contribution in [1.82, 2.24) is 19.4 Å². The van der Waals surface area contributed by atoms with Gasteiger partial charge in [0, 0.05) is 30.2 Å². The largest absolute Gasteiger partial charge is 0.448 e. The third-order valence-corrected chi connectivity index (χ3v) is 7.55. The van der Waals surface area contributed by atoms with Gasteiger partial charge < -0.3 is 10.1 Å². The maximum Gasteiger partial charge on any atom is 0.295 e. The lowest BCUT2D eigenvalue weighted by Gasteiger charge is -2.48. The first-order valence-corrected chi connectivity index (χ1v) is 12.9. The molecule has 0 radical (unpaired) electrons. The summed E-state index contributed by atoms with van der Waals surface area (Å²) in [6, 6.07) is 7.65. The van der Waals surface area contributed by atoms with E-state index in [1.807, 2.05) is 6.92 Å². The number of aryl methyl sites for hydroxylation is 1. The molecule has 1 aliphatic heterocycles. The van der Waals surface area contributed by atoms with Gasteiger partial charge in [0.2, 0.25) is 5.95 Å². The Balaban J connectivity index is 1.41. The number of nitrogens with zero attached hydrogens (tertiary/aromatic N) is 4. The molecule has 35 heavy (non-hydrogen) atoms. The Morgan fingerprint density at radius 2 is 1.80 bits per heavy atom. The van der Waals surface area contributed by atoms with Gasteiger partial charge in [-0.05, 0) is 63.9 Å². The zero-order valence-electron chi connectivity index (χ0n) is 20.4. The summed E-state index contributed by atoms with van der Waals surface area (Å²) in [6.45, 7) is 5.44. The van der Waals surface area contributed by atoms with Gasteiger partial charge in [0.25, 0.3) is 5.56 Å². The van der Waals surface area contributed by atoms with Crippen LogP contribution in [0.3, 0.4) is 0 Å². The van der Waals surface area contributed by atoms with E-state index in [2.05, 4.69) is 15.2 Å². The van der Waals surface area contributed by atoms with Crippen LogP contribution in [0.4, 0.5) is 10.3 Å². The first-order valence-electron chi connectivity index (χ1n) is 12.9. The van der Waals surface area contributed by atoms with E-state index in [0.29, 0.717) is 23.5 Å². The molecule has 1 saturated carbocycles. The van der Waals surface area contributed by atoms with Crippen LogP contribution in [0.1, 0.15) is 58.3 Å². The Morgan fingerprint density at radius 3 is 2.54 bits per heavy atom. The number of rotatable bonds is 7. The minimum absolute atomic E-state index is 0.0151. The summed E-state index contributed by atoms with van der Waals surface area (Å²) in [7, 11) is 0. The molecule has 2 aromatic heterocycles. The highest BCUT2D eigenvalue weighted by Gasteiger charge is 2.38. The number of hydrogen-bond acceptors (Lipinski definition) is 6. The molecule has 2 fully saturated rings. The Morgan fingerprint density at radius 1 is 1.06 bits per heavy atom. The summed E-state index contributed by atoms with van der Waals surface area (Å²) >= 11 is 0. The van der Waals surface area contributed by atoms with Gasteiger partial charge >= 0.3 is 0 Å². The van der Waals surface area contributed by atoms with Crippen molar-refractivity contribution in [2.75, 3.05) is 25.0 Å². The van der Waals surface area contributed by atoms with Crippen LogP contribution in [-0.4, -0.2) is 44.6 Å². The van der Waals surface area contributed by atoms with Crippen LogP contribution in [0, 0.1) is 5.82 Å². The number of pyridine rings is 1. The van der Waals surface area contributed by atoms with Crippen molar-refractivity contribution in [2.45, 2.75) is 70.4 Å². The van der Waals surface area contributed by atoms with E-state index in [-0.39, 0.29) is 22.6 Å². The SMILES string of the molecule is CCn1c(=O)c(Oc2ccccc2F)cc2cnc(NCC3(N4CCCCC4)CCCCC3)nc21. The lowest BCUT2D eigenvalue weighted by molar-refractivity contribution is 0.0436. The molecule has 0 unspecified atom stereocenters. The molecule has 1 saturated heterocycles. The van der Waals surface area contributed by atoms with Crippen molar-refractivity contribution in [1.29, 1.82) is 0 Å². The average Bonchev–Trinajstić information content (AvgIpc) is 2.90. The van der Waals surface area contributed by atoms with E-state index >= 15 is 0 Å². The summed E-state index contributed by atoms with van der Waals surface area (Å²) < 4.78 is 21.3. The fraction of sp³-hybridized carbons (Fsp3) is 0.519. The molecule has 5 rings (SSSR count). The summed E-state index contributed by atoms with van der Waals surface area (Å²) in [5.41, 5.74) is 0.357. The Labute approximate surface area is 205 Å². The molecule has 0 amide bonds. The van der Waals surface area contributed by atoms with Gasteiger partial charge in [0.1, 0.15) is 5.65 Å². The van der Waals surface area contributed by atoms with E-state index in [1.165, 1.54) is 76.6 Å². The van der Waals surface area contributed by atoms with Gasteiger partial charge in [-0.3, -0.25) is 14.3 Å². The van der Waals surface area contributed by atoms with Crippen LogP contribution in [0.15, 0.2) is 41.3 Å². The monoisotopic (exact) mass is 479 g/mol. The number of halogens is 1. The molecule has 0 atom stereocenters. The standard InChI is InChI=1S/C27H34FN5O2/c1-2-33-24-20(17-23(25(33)34)35-22-12-6-5-11-21(22)28)18-29-26(31-24)30-19-27(13-7-3-8-14-27)32-15-9-4-10-16-32/h5-6,11-12,17-18H,2-4,7-10,13-16,19H2,1H3,(H,29,30,31). The molecule has 3 aromatic rings. The zero-order chi connectivity index (χ0) is 24.3. The zero-order valence-corrected chi connectivity index (χ0v) is 20.4.